The minimum atomic E-state index is -0.438. The second kappa shape index (κ2) is 9.98. The number of amides is 1. The predicted octanol–water partition coefficient (Wildman–Crippen LogP) is 3.89. The van der Waals surface area contributed by atoms with E-state index in [2.05, 4.69) is 18.7 Å². The molecule has 1 aromatic carbocycles. The number of halogens is 1. The molecule has 1 amide bonds. The highest BCUT2D eigenvalue weighted by Gasteiger charge is 2.25. The molecule has 2 N–H and O–H groups in total. The van der Waals surface area contributed by atoms with E-state index in [1.54, 1.807) is 4.90 Å². The Labute approximate surface area is 145 Å². The summed E-state index contributed by atoms with van der Waals surface area (Å²) in [5.74, 6) is 0. The van der Waals surface area contributed by atoms with E-state index in [1.165, 1.54) is 11.1 Å². The van der Waals surface area contributed by atoms with Gasteiger partial charge in [-0.1, -0.05) is 19.9 Å². The van der Waals surface area contributed by atoms with Crippen LogP contribution in [0.3, 0.4) is 0 Å². The van der Waals surface area contributed by atoms with Gasteiger partial charge in [-0.25, -0.2) is 4.79 Å². The summed E-state index contributed by atoms with van der Waals surface area (Å²) in [5, 5.41) is 0. The molecule has 0 unspecified atom stereocenters. The molecule has 0 aliphatic carbocycles. The van der Waals surface area contributed by atoms with Crippen molar-refractivity contribution >= 4 is 31.1 Å². The summed E-state index contributed by atoms with van der Waals surface area (Å²) in [6.45, 7) is 11.0. The zero-order valence-electron chi connectivity index (χ0n) is 14.0. The Morgan fingerprint density at radius 2 is 1.82 bits per heavy atom. The van der Waals surface area contributed by atoms with Crippen molar-refractivity contribution in [2.45, 2.75) is 58.1 Å². The second-order valence-electron chi connectivity index (χ2n) is 5.60. The van der Waals surface area contributed by atoms with E-state index in [-0.39, 0.29) is 24.0 Å². The molecule has 0 bridgehead atoms. The number of ether oxygens (including phenoxy) is 1. The van der Waals surface area contributed by atoms with Crippen molar-refractivity contribution in [1.82, 2.24) is 4.90 Å². The maximum absolute atomic E-state index is 12.0. The molecule has 0 fully saturated rings. The summed E-state index contributed by atoms with van der Waals surface area (Å²) in [6.07, 6.45) is 0.631. The topological polar surface area (TPSA) is 61.0 Å². The lowest BCUT2D eigenvalue weighted by molar-refractivity contribution is 0.0224. The molecule has 2 rings (SSSR count). The van der Waals surface area contributed by atoms with Gasteiger partial charge in [0, 0.05) is 18.0 Å². The average molecular weight is 350 g/mol. The fourth-order valence-corrected chi connectivity index (χ4v) is 2.25. The lowest BCUT2D eigenvalue weighted by Crippen LogP contribution is -2.39. The largest absolute Gasteiger partial charge is 0.444 e. The Kier molecular flexibility index (Phi) is 10.6. The van der Waals surface area contributed by atoms with Crippen LogP contribution < -0.4 is 0 Å². The van der Waals surface area contributed by atoms with E-state index >= 15 is 0 Å². The highest BCUT2D eigenvalue weighted by molar-refractivity contribution is 7.80. The third-order valence-electron chi connectivity index (χ3n) is 2.85. The maximum Gasteiger partial charge on any atom is 0.410 e. The van der Waals surface area contributed by atoms with Crippen molar-refractivity contribution in [3.05, 3.63) is 29.3 Å². The number of carbonyl (C=O) groups excluding carboxylic acids is 1. The van der Waals surface area contributed by atoms with Crippen LogP contribution in [0.25, 0.3) is 0 Å². The van der Waals surface area contributed by atoms with Gasteiger partial charge in [-0.3, -0.25) is 0 Å². The number of nitrogens with zero attached hydrogens (tertiary/aromatic N) is 1. The molecule has 0 atom stereocenters. The first-order valence-electron chi connectivity index (χ1n) is 7.14. The Morgan fingerprint density at radius 3 is 2.36 bits per heavy atom. The van der Waals surface area contributed by atoms with E-state index in [0.717, 1.165) is 11.3 Å². The fourth-order valence-electron chi connectivity index (χ4n) is 2.02. The van der Waals surface area contributed by atoms with Gasteiger partial charge in [0.05, 0.1) is 0 Å². The van der Waals surface area contributed by atoms with Crippen molar-refractivity contribution < 1.29 is 15.0 Å². The smallest absolute Gasteiger partial charge is 0.410 e. The van der Waals surface area contributed by atoms with Crippen LogP contribution in [0.4, 0.5) is 4.79 Å². The third-order valence-corrected chi connectivity index (χ3v) is 3.13. The van der Waals surface area contributed by atoms with Crippen LogP contribution in [-0.2, 0) is 17.7 Å². The van der Waals surface area contributed by atoms with Gasteiger partial charge in [0.15, 0.2) is 0 Å². The lowest BCUT2D eigenvalue weighted by Gasteiger charge is -2.31. The first-order chi connectivity index (χ1) is 9.35. The molecule has 1 heterocycles. The third kappa shape index (κ3) is 6.90. The summed E-state index contributed by atoms with van der Waals surface area (Å²) in [4.78, 5) is 14.7. The van der Waals surface area contributed by atoms with E-state index in [1.807, 2.05) is 46.8 Å². The quantitative estimate of drug-likeness (QED) is 0.722. The monoisotopic (exact) mass is 349 g/mol. The van der Waals surface area contributed by atoms with Crippen molar-refractivity contribution in [3.8, 4) is 0 Å². The van der Waals surface area contributed by atoms with Gasteiger partial charge in [0.1, 0.15) is 5.60 Å². The number of carbonyl (C=O) groups is 1. The summed E-state index contributed by atoms with van der Waals surface area (Å²) in [6, 6.07) is 6.07. The first-order valence-corrected chi connectivity index (χ1v) is 7.58. The summed E-state index contributed by atoms with van der Waals surface area (Å²) in [5.41, 5.74) is 2.03. The molecule has 1 aromatic rings. The molecule has 0 saturated carbocycles. The van der Waals surface area contributed by atoms with Gasteiger partial charge in [0.25, 0.3) is 0 Å². The van der Waals surface area contributed by atoms with Gasteiger partial charge >= 0.3 is 6.09 Å². The molecule has 0 saturated heterocycles. The zero-order valence-corrected chi connectivity index (χ0v) is 15.7. The number of hydrogen-bond donors (Lipinski definition) is 1. The van der Waals surface area contributed by atoms with Crippen molar-refractivity contribution in [2.75, 3.05) is 6.54 Å². The minimum absolute atomic E-state index is 0. The van der Waals surface area contributed by atoms with E-state index in [9.17, 15) is 4.79 Å². The molecule has 0 spiro atoms. The molecule has 4 nitrogen and oxygen atoms in total. The molecular formula is C16H28ClNO3S. The summed E-state index contributed by atoms with van der Waals surface area (Å²) in [7, 11) is 0. The second-order valence-corrected chi connectivity index (χ2v) is 6.12. The van der Waals surface area contributed by atoms with Gasteiger partial charge in [0.2, 0.25) is 0 Å². The molecular weight excluding hydrogens is 322 g/mol. The van der Waals surface area contributed by atoms with E-state index in [4.69, 9.17) is 4.74 Å². The van der Waals surface area contributed by atoms with Crippen molar-refractivity contribution in [2.24, 2.45) is 0 Å². The van der Waals surface area contributed by atoms with Gasteiger partial charge in [-0.15, -0.1) is 25.0 Å². The Morgan fingerprint density at radius 1 is 1.23 bits per heavy atom. The molecule has 0 radical (unpaired) electrons. The Bertz CT molecular complexity index is 475. The van der Waals surface area contributed by atoms with E-state index < -0.39 is 5.60 Å². The van der Waals surface area contributed by atoms with E-state index in [0.29, 0.717) is 13.1 Å². The molecule has 1 aliphatic heterocycles. The zero-order chi connectivity index (χ0) is 15.3. The highest BCUT2D eigenvalue weighted by Crippen LogP contribution is 2.23. The van der Waals surface area contributed by atoms with Gasteiger partial charge in [-0.05, 0) is 50.5 Å². The molecule has 1 aliphatic rings. The van der Waals surface area contributed by atoms with Crippen molar-refractivity contribution in [3.63, 3.8) is 0 Å². The summed E-state index contributed by atoms with van der Waals surface area (Å²) < 4.78 is 5.39. The summed E-state index contributed by atoms with van der Waals surface area (Å²) >= 11 is 4.33. The van der Waals surface area contributed by atoms with Crippen molar-refractivity contribution in [1.29, 1.82) is 0 Å². The number of thiol groups is 1. The van der Waals surface area contributed by atoms with Crippen LogP contribution in [-0.4, -0.2) is 28.6 Å². The highest BCUT2D eigenvalue weighted by atomic mass is 35.5. The molecule has 0 aromatic heterocycles. The molecule has 128 valence electrons. The number of benzene rings is 1. The number of rotatable bonds is 0. The SMILES string of the molecule is CC.CC(C)(C)OC(=O)N1CCc2cc(S)ccc2C1.Cl.O. The molecule has 6 heteroatoms. The average Bonchev–Trinajstić information content (AvgIpc) is 2.38. The number of hydrogen-bond acceptors (Lipinski definition) is 3. The minimum Gasteiger partial charge on any atom is -0.444 e. The normalized spacial score (nSPS) is 12.7. The lowest BCUT2D eigenvalue weighted by atomic mass is 10.0. The standard InChI is InChI=1S/C14H19NO2S.C2H6.ClH.H2O/c1-14(2,3)17-13(16)15-7-6-10-8-12(18)5-4-11(10)9-15;1-2;;/h4-5,8,18H,6-7,9H2,1-3H3;1-2H3;1H;1H2. The molecule has 22 heavy (non-hydrogen) atoms. The van der Waals surface area contributed by atoms with Gasteiger partial charge < -0.3 is 15.1 Å². The van der Waals surface area contributed by atoms with Crippen LogP contribution >= 0.6 is 25.0 Å². The first kappa shape index (κ1) is 23.4. The fraction of sp³-hybridized carbons (Fsp3) is 0.562. The Hall–Kier alpha value is -0.910. The predicted molar refractivity (Wildman–Crippen MR) is 96.3 cm³/mol. The Balaban J connectivity index is 0. The maximum atomic E-state index is 12.0. The van der Waals surface area contributed by atoms with Crippen LogP contribution in [0.1, 0.15) is 45.7 Å². The van der Waals surface area contributed by atoms with Crippen LogP contribution in [0.2, 0.25) is 0 Å². The number of fused-ring (bicyclic) bond motifs is 1. The van der Waals surface area contributed by atoms with Crippen LogP contribution in [0.15, 0.2) is 23.1 Å². The van der Waals surface area contributed by atoms with Crippen LogP contribution in [0.5, 0.6) is 0 Å². The van der Waals surface area contributed by atoms with Crippen LogP contribution in [0, 0.1) is 0 Å². The van der Waals surface area contributed by atoms with Gasteiger partial charge in [-0.2, -0.15) is 0 Å².